The first kappa shape index (κ1) is 16.4. The zero-order chi connectivity index (χ0) is 17.2. The molecule has 2 rings (SSSR count). The molecule has 0 aliphatic carbocycles. The Kier molecular flexibility index (Phi) is 4.31. The lowest BCUT2D eigenvalue weighted by molar-refractivity contribution is 0.0720. The van der Waals surface area contributed by atoms with Crippen LogP contribution in [0.4, 0.5) is 4.79 Å². The van der Waals surface area contributed by atoms with E-state index >= 15 is 0 Å². The lowest BCUT2D eigenvalue weighted by Crippen LogP contribution is -2.47. The van der Waals surface area contributed by atoms with E-state index in [0.29, 0.717) is 17.2 Å². The van der Waals surface area contributed by atoms with Gasteiger partial charge in [-0.3, -0.25) is 4.90 Å². The number of carboxylic acid groups (broad SMARTS) is 1. The van der Waals surface area contributed by atoms with Crippen molar-refractivity contribution in [2.45, 2.75) is 39.3 Å². The summed E-state index contributed by atoms with van der Waals surface area (Å²) in [5.74, 6) is 0.933. The maximum Gasteiger partial charge on any atom is 0.408 e. The molecule has 2 aromatic heterocycles. The topological polar surface area (TPSA) is 108 Å². The summed E-state index contributed by atoms with van der Waals surface area (Å²) in [7, 11) is 0. The number of aromatic nitrogens is 4. The van der Waals surface area contributed by atoms with Gasteiger partial charge in [-0.2, -0.15) is 15.0 Å². The molecule has 0 saturated heterocycles. The normalized spacial score (nSPS) is 12.5. The van der Waals surface area contributed by atoms with Gasteiger partial charge in [0.1, 0.15) is 12.4 Å². The van der Waals surface area contributed by atoms with E-state index in [1.807, 2.05) is 26.8 Å². The zero-order valence-electron chi connectivity index (χ0n) is 13.4. The van der Waals surface area contributed by atoms with E-state index in [2.05, 4.69) is 15.1 Å². The number of nitrogens with zero attached hydrogens (tertiary/aromatic N) is 6. The Bertz CT molecular complexity index is 739. The highest BCUT2D eigenvalue weighted by molar-refractivity contribution is 5.66. The highest BCUT2D eigenvalue weighted by Gasteiger charge is 2.34. The second-order valence-electron chi connectivity index (χ2n) is 6.05. The predicted octanol–water partition coefficient (Wildman–Crippen LogP) is 2.37. The first-order chi connectivity index (χ1) is 10.8. The van der Waals surface area contributed by atoms with Crippen molar-refractivity contribution in [3.8, 4) is 11.9 Å². The molecule has 1 N–H and O–H groups in total. The van der Waals surface area contributed by atoms with E-state index in [-0.39, 0.29) is 0 Å². The molecule has 0 aliphatic rings. The summed E-state index contributed by atoms with van der Waals surface area (Å²) >= 11 is 0. The summed E-state index contributed by atoms with van der Waals surface area (Å²) in [6, 6.07) is 4.74. The van der Waals surface area contributed by atoms with Gasteiger partial charge in [0.15, 0.2) is 11.6 Å². The molecule has 1 unspecified atom stereocenters. The third-order valence-electron chi connectivity index (χ3n) is 3.36. The van der Waals surface area contributed by atoms with Crippen LogP contribution < -0.4 is 0 Å². The molecule has 8 nitrogen and oxygen atoms in total. The Morgan fingerprint density at radius 3 is 2.57 bits per heavy atom. The van der Waals surface area contributed by atoms with Crippen LogP contribution in [0.5, 0.6) is 0 Å². The van der Waals surface area contributed by atoms with E-state index in [9.17, 15) is 9.90 Å². The minimum absolute atomic E-state index is 0.435. The molecule has 0 saturated carbocycles. The van der Waals surface area contributed by atoms with Crippen LogP contribution in [-0.2, 0) is 0 Å². The van der Waals surface area contributed by atoms with E-state index in [0.717, 1.165) is 0 Å². The fourth-order valence-corrected chi connectivity index (χ4v) is 2.44. The molecule has 1 atom stereocenters. The van der Waals surface area contributed by atoms with Gasteiger partial charge in [-0.25, -0.2) is 14.8 Å². The van der Waals surface area contributed by atoms with Crippen molar-refractivity contribution in [1.82, 2.24) is 24.6 Å². The molecule has 2 aromatic rings. The lowest BCUT2D eigenvalue weighted by Gasteiger charge is -2.37. The van der Waals surface area contributed by atoms with E-state index in [4.69, 9.17) is 5.26 Å². The Hall–Kier alpha value is -2.95. The van der Waals surface area contributed by atoms with Crippen LogP contribution >= 0.6 is 0 Å². The van der Waals surface area contributed by atoms with Gasteiger partial charge in [-0.1, -0.05) is 0 Å². The zero-order valence-corrected chi connectivity index (χ0v) is 13.4. The fraction of sp³-hybridized carbons (Fsp3) is 0.400. The number of amides is 1. The van der Waals surface area contributed by atoms with Crippen LogP contribution in [0, 0.1) is 11.3 Å². The summed E-state index contributed by atoms with van der Waals surface area (Å²) in [6.45, 7) is 7.21. The van der Waals surface area contributed by atoms with Gasteiger partial charge >= 0.3 is 6.09 Å². The number of hydrogen-bond acceptors (Lipinski definition) is 5. The van der Waals surface area contributed by atoms with Crippen molar-refractivity contribution in [3.63, 3.8) is 0 Å². The second-order valence-corrected chi connectivity index (χ2v) is 6.05. The average Bonchev–Trinajstić information content (AvgIpc) is 2.94. The Labute approximate surface area is 134 Å². The first-order valence-corrected chi connectivity index (χ1v) is 7.04. The highest BCUT2D eigenvalue weighted by Crippen LogP contribution is 2.27. The number of rotatable bonds is 3. The van der Waals surface area contributed by atoms with Gasteiger partial charge in [-0.15, -0.1) is 0 Å². The summed E-state index contributed by atoms with van der Waals surface area (Å²) in [6.07, 6.45) is 1.76. The van der Waals surface area contributed by atoms with Crippen molar-refractivity contribution >= 4 is 6.09 Å². The van der Waals surface area contributed by atoms with E-state index in [1.165, 1.54) is 22.1 Å². The Balaban J connectivity index is 2.43. The SMILES string of the molecule is CC(c1ncnn1-c1ccc(C#N)cn1)N(C(=O)O)C(C)(C)C. The Morgan fingerprint density at radius 1 is 1.39 bits per heavy atom. The minimum atomic E-state index is -1.03. The molecule has 0 fully saturated rings. The fourth-order valence-electron chi connectivity index (χ4n) is 2.44. The smallest absolute Gasteiger partial charge is 0.408 e. The highest BCUT2D eigenvalue weighted by atomic mass is 16.4. The minimum Gasteiger partial charge on any atom is -0.465 e. The van der Waals surface area contributed by atoms with Gasteiger partial charge in [-0.05, 0) is 39.8 Å². The third kappa shape index (κ3) is 3.29. The molecule has 120 valence electrons. The Morgan fingerprint density at radius 2 is 2.09 bits per heavy atom. The second kappa shape index (κ2) is 6.04. The number of carbonyl (C=O) groups is 1. The van der Waals surface area contributed by atoms with Crippen molar-refractivity contribution in [2.75, 3.05) is 0 Å². The molecule has 0 aromatic carbocycles. The molecule has 0 bridgehead atoms. The third-order valence-corrected chi connectivity index (χ3v) is 3.36. The van der Waals surface area contributed by atoms with E-state index in [1.54, 1.807) is 19.1 Å². The van der Waals surface area contributed by atoms with E-state index < -0.39 is 17.7 Å². The molecule has 2 heterocycles. The van der Waals surface area contributed by atoms with Gasteiger partial charge in [0, 0.05) is 11.7 Å². The molecule has 0 radical (unpaired) electrons. The van der Waals surface area contributed by atoms with Gasteiger partial charge in [0.05, 0.1) is 11.6 Å². The monoisotopic (exact) mass is 314 g/mol. The number of nitriles is 1. The van der Waals surface area contributed by atoms with Crippen molar-refractivity contribution < 1.29 is 9.90 Å². The van der Waals surface area contributed by atoms with Gasteiger partial charge < -0.3 is 5.11 Å². The molecule has 0 aliphatic heterocycles. The maximum atomic E-state index is 11.6. The first-order valence-electron chi connectivity index (χ1n) is 7.04. The summed E-state index contributed by atoms with van der Waals surface area (Å²) in [5.41, 5.74) is -0.162. The maximum absolute atomic E-state index is 11.6. The number of pyridine rings is 1. The molecule has 23 heavy (non-hydrogen) atoms. The van der Waals surface area contributed by atoms with Crippen molar-refractivity contribution in [2.24, 2.45) is 0 Å². The lowest BCUT2D eigenvalue weighted by atomic mass is 10.0. The average molecular weight is 314 g/mol. The predicted molar refractivity (Wildman–Crippen MR) is 81.9 cm³/mol. The van der Waals surface area contributed by atoms with Crippen LogP contribution in [0.2, 0.25) is 0 Å². The molecule has 8 heteroatoms. The summed E-state index contributed by atoms with van der Waals surface area (Å²) < 4.78 is 1.48. The molecular weight excluding hydrogens is 296 g/mol. The molecule has 0 spiro atoms. The van der Waals surface area contributed by atoms with Crippen LogP contribution in [0.25, 0.3) is 5.82 Å². The van der Waals surface area contributed by atoms with Gasteiger partial charge in [0.25, 0.3) is 0 Å². The number of hydrogen-bond donors (Lipinski definition) is 1. The van der Waals surface area contributed by atoms with Gasteiger partial charge in [0.2, 0.25) is 0 Å². The van der Waals surface area contributed by atoms with Crippen molar-refractivity contribution in [3.05, 3.63) is 36.0 Å². The summed E-state index contributed by atoms with van der Waals surface area (Å²) in [5, 5.41) is 22.5. The quantitative estimate of drug-likeness (QED) is 0.931. The van der Waals surface area contributed by atoms with Crippen LogP contribution in [-0.4, -0.2) is 41.4 Å². The van der Waals surface area contributed by atoms with Crippen molar-refractivity contribution in [1.29, 1.82) is 5.26 Å². The molecular formula is C15H18N6O2. The largest absolute Gasteiger partial charge is 0.465 e. The molecule has 1 amide bonds. The van der Waals surface area contributed by atoms with Crippen LogP contribution in [0.1, 0.15) is 45.1 Å². The standard InChI is InChI=1S/C15H18N6O2/c1-10(20(14(22)23)15(2,3)4)13-18-9-19-21(13)12-6-5-11(7-16)8-17-12/h5-6,8-10H,1-4H3,(H,22,23). The summed E-state index contributed by atoms with van der Waals surface area (Å²) in [4.78, 5) is 21.3. The van der Waals surface area contributed by atoms with Crippen LogP contribution in [0.15, 0.2) is 24.7 Å². The van der Waals surface area contributed by atoms with Crippen LogP contribution in [0.3, 0.4) is 0 Å².